The van der Waals surface area contributed by atoms with Crippen molar-refractivity contribution in [1.82, 2.24) is 0 Å². The minimum absolute atomic E-state index is 0.109. The smallest absolute Gasteiger partial charge is 0.305 e. The highest BCUT2D eigenvalue weighted by Crippen LogP contribution is 2.48. The number of aliphatic hydroxyl groups excluding tert-OH is 2. The number of methoxy groups -OCH3 is 1. The van der Waals surface area contributed by atoms with Crippen molar-refractivity contribution in [2.45, 2.75) is 82.6 Å². The number of halogens is 2. The zero-order valence-electron chi connectivity index (χ0n) is 19.3. The van der Waals surface area contributed by atoms with Crippen LogP contribution >= 0.6 is 22.9 Å². The molecule has 2 saturated carbocycles. The van der Waals surface area contributed by atoms with Crippen LogP contribution in [-0.2, 0) is 16.0 Å². The summed E-state index contributed by atoms with van der Waals surface area (Å²) in [6.45, 7) is 0. The molecule has 33 heavy (non-hydrogen) atoms. The van der Waals surface area contributed by atoms with E-state index < -0.39 is 18.4 Å². The lowest BCUT2D eigenvalue weighted by Gasteiger charge is -2.45. The Kier molecular flexibility index (Phi) is 9.98. The van der Waals surface area contributed by atoms with Gasteiger partial charge in [0.2, 0.25) is 0 Å². The highest BCUT2D eigenvalue weighted by Gasteiger charge is 2.44. The fraction of sp³-hybridized carbons (Fsp3) is 0.654. The second-order valence-electron chi connectivity index (χ2n) is 9.51. The quantitative estimate of drug-likeness (QED) is 0.209. The first kappa shape index (κ1) is 26.4. The monoisotopic (exact) mass is 498 g/mol. The highest BCUT2D eigenvalue weighted by atomic mass is 35.5. The molecule has 1 aromatic rings. The summed E-state index contributed by atoms with van der Waals surface area (Å²) in [4.78, 5) is 12.3. The Morgan fingerprint density at radius 1 is 1.36 bits per heavy atom. The van der Waals surface area contributed by atoms with Gasteiger partial charge in [-0.05, 0) is 57.1 Å². The van der Waals surface area contributed by atoms with Crippen molar-refractivity contribution in [2.24, 2.45) is 17.3 Å². The van der Waals surface area contributed by atoms with Crippen LogP contribution in [0.5, 0.6) is 0 Å². The second-order valence-corrected chi connectivity index (χ2v) is 11.3. The van der Waals surface area contributed by atoms with Crippen molar-refractivity contribution in [2.75, 3.05) is 7.11 Å². The summed E-state index contributed by atoms with van der Waals surface area (Å²) in [5, 5.41) is 21.4. The Morgan fingerprint density at radius 2 is 2.15 bits per heavy atom. The molecule has 2 N–H and O–H groups in total. The van der Waals surface area contributed by atoms with Gasteiger partial charge in [0, 0.05) is 35.0 Å². The maximum Gasteiger partial charge on any atom is 0.305 e. The molecule has 5 atom stereocenters. The van der Waals surface area contributed by atoms with Crippen molar-refractivity contribution >= 4 is 28.9 Å². The second kappa shape index (κ2) is 12.5. The molecule has 1 aromatic heterocycles. The topological polar surface area (TPSA) is 66.8 Å². The van der Waals surface area contributed by atoms with E-state index in [-0.39, 0.29) is 29.6 Å². The third-order valence-electron chi connectivity index (χ3n) is 7.35. The molecule has 3 rings (SSSR count). The number of esters is 1. The lowest BCUT2D eigenvalue weighted by molar-refractivity contribution is -0.140. The van der Waals surface area contributed by atoms with Gasteiger partial charge in [0.15, 0.2) is 0 Å². The Hall–Kier alpha value is -1.21. The number of unbranched alkanes of at least 4 members (excludes halogenated alkanes) is 1. The molecule has 2 aliphatic rings. The van der Waals surface area contributed by atoms with E-state index in [2.05, 4.69) is 4.74 Å². The number of hydrogen-bond acceptors (Lipinski definition) is 5. The summed E-state index contributed by atoms with van der Waals surface area (Å²) in [6, 6.07) is 3.95. The Morgan fingerprint density at radius 3 is 2.79 bits per heavy atom. The van der Waals surface area contributed by atoms with Gasteiger partial charge >= 0.3 is 5.97 Å². The molecule has 0 aliphatic heterocycles. The van der Waals surface area contributed by atoms with Crippen LogP contribution in [0.3, 0.4) is 0 Å². The predicted molar refractivity (Wildman–Crippen MR) is 131 cm³/mol. The molecule has 0 bridgehead atoms. The summed E-state index contributed by atoms with van der Waals surface area (Å²) in [5.41, 5.74) is -0.109. The first-order valence-corrected chi connectivity index (χ1v) is 13.2. The summed E-state index contributed by atoms with van der Waals surface area (Å²) in [7, 11) is 1.38. The number of allylic oxidation sites excluding steroid dienone is 2. The summed E-state index contributed by atoms with van der Waals surface area (Å²) >= 11 is 7.65. The Balaban J connectivity index is 1.50. The molecule has 0 radical (unpaired) electrons. The minimum Gasteiger partial charge on any atom is -0.469 e. The van der Waals surface area contributed by atoms with Gasteiger partial charge in [-0.1, -0.05) is 42.3 Å². The highest BCUT2D eigenvalue weighted by molar-refractivity contribution is 7.16. The average Bonchev–Trinajstić information content (AvgIpc) is 3.28. The maximum atomic E-state index is 14.6. The molecule has 7 heteroatoms. The van der Waals surface area contributed by atoms with Gasteiger partial charge in [0.25, 0.3) is 0 Å². The fourth-order valence-corrected chi connectivity index (χ4v) is 6.41. The fourth-order valence-electron chi connectivity index (χ4n) is 5.17. The van der Waals surface area contributed by atoms with Gasteiger partial charge in [-0.3, -0.25) is 4.79 Å². The maximum absolute atomic E-state index is 14.6. The lowest BCUT2D eigenvalue weighted by atomic mass is 9.62. The van der Waals surface area contributed by atoms with Crippen LogP contribution in [0, 0.1) is 17.3 Å². The number of thiophene rings is 1. The molecule has 0 amide bonds. The van der Waals surface area contributed by atoms with E-state index in [4.69, 9.17) is 11.6 Å². The molecule has 2 aliphatic carbocycles. The number of alkyl halides is 1. The SMILES string of the molecule is COC(=O)CCC/C=C/C[C@H]1C(F)C[C@@H](O)[C@@H]1/C=C/CC(O)C1(Cc2ccc(Cl)s2)CCC1. The molecule has 1 heterocycles. The molecule has 0 aromatic carbocycles. The van der Waals surface area contributed by atoms with Gasteiger partial charge in [0.05, 0.1) is 23.7 Å². The zero-order valence-corrected chi connectivity index (χ0v) is 20.9. The normalized spacial score (nSPS) is 27.8. The number of hydrogen-bond donors (Lipinski definition) is 2. The summed E-state index contributed by atoms with van der Waals surface area (Å²) in [5.74, 6) is -0.738. The van der Waals surface area contributed by atoms with E-state index in [0.29, 0.717) is 25.7 Å². The van der Waals surface area contributed by atoms with Crippen LogP contribution in [0.4, 0.5) is 4.39 Å². The third kappa shape index (κ3) is 7.14. The van der Waals surface area contributed by atoms with Gasteiger partial charge in [-0.25, -0.2) is 4.39 Å². The van der Waals surface area contributed by atoms with Gasteiger partial charge in [-0.2, -0.15) is 0 Å². The number of ether oxygens (including phenoxy) is 1. The van der Waals surface area contributed by atoms with Crippen molar-refractivity contribution in [3.05, 3.63) is 45.7 Å². The number of carbonyl (C=O) groups excluding carboxylic acids is 1. The zero-order chi connectivity index (χ0) is 23.8. The predicted octanol–water partition coefficient (Wildman–Crippen LogP) is 6.05. The van der Waals surface area contributed by atoms with Gasteiger partial charge in [0.1, 0.15) is 6.17 Å². The van der Waals surface area contributed by atoms with E-state index in [0.717, 1.165) is 36.4 Å². The van der Waals surface area contributed by atoms with E-state index in [1.807, 2.05) is 36.4 Å². The van der Waals surface area contributed by atoms with Gasteiger partial charge < -0.3 is 14.9 Å². The van der Waals surface area contributed by atoms with Crippen LogP contribution < -0.4 is 0 Å². The molecule has 2 fully saturated rings. The summed E-state index contributed by atoms with van der Waals surface area (Å²) in [6.07, 6.45) is 12.6. The minimum atomic E-state index is -1.04. The van der Waals surface area contributed by atoms with E-state index in [1.165, 1.54) is 12.0 Å². The number of carbonyl (C=O) groups is 1. The number of rotatable bonds is 12. The first-order valence-electron chi connectivity index (χ1n) is 12.0. The van der Waals surface area contributed by atoms with Crippen LogP contribution in [0.2, 0.25) is 4.34 Å². The van der Waals surface area contributed by atoms with Crippen molar-refractivity contribution in [1.29, 1.82) is 0 Å². The van der Waals surface area contributed by atoms with Crippen LogP contribution in [0.1, 0.15) is 62.7 Å². The first-order chi connectivity index (χ1) is 15.8. The molecule has 4 nitrogen and oxygen atoms in total. The lowest BCUT2D eigenvalue weighted by Crippen LogP contribution is -2.42. The van der Waals surface area contributed by atoms with Crippen LogP contribution in [-0.4, -0.2) is 41.7 Å². The average molecular weight is 499 g/mol. The summed E-state index contributed by atoms with van der Waals surface area (Å²) < 4.78 is 19.9. The Bertz CT molecular complexity index is 819. The Labute approximate surface area is 205 Å². The molecular formula is C26H36ClFO4S. The standard InChI is InChI=1S/C26H36ClFO4S/c1-32-25(31)11-5-3-2-4-8-19-20(22(29)16-21(19)28)9-6-10-23(30)26(14-7-15-26)17-18-12-13-24(27)33-18/h2,4,6,9,12-13,19-23,29-30H,3,5,7-8,10-11,14-17H2,1H3/b4-2+,9-6+/t19-,20-,21?,22-,23?/m1/s1. The van der Waals surface area contributed by atoms with Crippen molar-refractivity contribution in [3.8, 4) is 0 Å². The van der Waals surface area contributed by atoms with E-state index in [9.17, 15) is 19.4 Å². The molecule has 2 unspecified atom stereocenters. The number of aliphatic hydroxyl groups is 2. The molecule has 0 saturated heterocycles. The molecule has 184 valence electrons. The van der Waals surface area contributed by atoms with Crippen LogP contribution in [0.25, 0.3) is 0 Å². The van der Waals surface area contributed by atoms with Crippen molar-refractivity contribution < 1.29 is 24.1 Å². The van der Waals surface area contributed by atoms with E-state index >= 15 is 0 Å². The molecular weight excluding hydrogens is 463 g/mol. The molecule has 0 spiro atoms. The third-order valence-corrected chi connectivity index (χ3v) is 8.58. The largest absolute Gasteiger partial charge is 0.469 e. The van der Waals surface area contributed by atoms with Crippen molar-refractivity contribution in [3.63, 3.8) is 0 Å². The van der Waals surface area contributed by atoms with Gasteiger partial charge in [-0.15, -0.1) is 11.3 Å². The van der Waals surface area contributed by atoms with Crippen LogP contribution in [0.15, 0.2) is 36.4 Å². The van der Waals surface area contributed by atoms with E-state index in [1.54, 1.807) is 11.3 Å².